The number of nitrogens with two attached hydrogens (primary N) is 1. The monoisotopic (exact) mass is 269 g/mol. The largest absolute Gasteiger partial charge is 0.348 e. The maximum Gasteiger partial charge on any atom is 0.251 e. The minimum atomic E-state index is -0.0792. The van der Waals surface area contributed by atoms with Crippen LogP contribution in [0.15, 0.2) is 42.6 Å². The first kappa shape index (κ1) is 14.2. The van der Waals surface area contributed by atoms with E-state index >= 15 is 0 Å². The molecule has 2 rings (SSSR count). The summed E-state index contributed by atoms with van der Waals surface area (Å²) in [5.74, 6) is -0.0792. The van der Waals surface area contributed by atoms with Crippen molar-refractivity contribution in [3.05, 3.63) is 65.0 Å². The third-order valence-corrected chi connectivity index (χ3v) is 3.05. The molecule has 0 aliphatic heterocycles. The Balaban J connectivity index is 1.97. The van der Waals surface area contributed by atoms with Crippen molar-refractivity contribution in [2.75, 3.05) is 6.54 Å². The molecule has 3 N–H and O–H groups in total. The third-order valence-electron chi connectivity index (χ3n) is 3.05. The zero-order valence-electron chi connectivity index (χ0n) is 11.6. The Bertz CT molecular complexity index is 579. The lowest BCUT2D eigenvalue weighted by molar-refractivity contribution is 0.0951. The molecule has 2 aromatic rings. The predicted molar refractivity (Wildman–Crippen MR) is 79.3 cm³/mol. The van der Waals surface area contributed by atoms with Crippen LogP contribution in [0.3, 0.4) is 0 Å². The van der Waals surface area contributed by atoms with E-state index in [1.165, 1.54) is 0 Å². The molecular formula is C16H19N3O. The first-order valence-corrected chi connectivity index (χ1v) is 6.68. The maximum atomic E-state index is 12.1. The number of carbonyl (C=O) groups is 1. The van der Waals surface area contributed by atoms with Crippen molar-refractivity contribution in [1.82, 2.24) is 10.3 Å². The second-order valence-electron chi connectivity index (χ2n) is 4.73. The fraction of sp³-hybridized carbons (Fsp3) is 0.250. The van der Waals surface area contributed by atoms with E-state index in [0.717, 1.165) is 23.2 Å². The molecule has 0 aliphatic rings. The highest BCUT2D eigenvalue weighted by Gasteiger charge is 2.06. The van der Waals surface area contributed by atoms with Crippen molar-refractivity contribution >= 4 is 5.91 Å². The first-order valence-electron chi connectivity index (χ1n) is 6.68. The fourth-order valence-electron chi connectivity index (χ4n) is 1.92. The van der Waals surface area contributed by atoms with Crippen LogP contribution >= 0.6 is 0 Å². The van der Waals surface area contributed by atoms with Crippen molar-refractivity contribution < 1.29 is 4.79 Å². The van der Waals surface area contributed by atoms with Crippen LogP contribution in [0.5, 0.6) is 0 Å². The van der Waals surface area contributed by atoms with E-state index < -0.39 is 0 Å². The zero-order chi connectivity index (χ0) is 14.4. The summed E-state index contributed by atoms with van der Waals surface area (Å²) in [6.45, 7) is 3.00. The molecule has 1 aromatic heterocycles. The zero-order valence-corrected chi connectivity index (χ0v) is 11.6. The molecule has 20 heavy (non-hydrogen) atoms. The van der Waals surface area contributed by atoms with E-state index in [1.807, 2.05) is 43.3 Å². The topological polar surface area (TPSA) is 68.0 Å². The summed E-state index contributed by atoms with van der Waals surface area (Å²) < 4.78 is 0. The van der Waals surface area contributed by atoms with Gasteiger partial charge in [0.25, 0.3) is 5.91 Å². The van der Waals surface area contributed by atoms with Crippen LogP contribution in [0.25, 0.3) is 0 Å². The molecule has 0 radical (unpaired) electrons. The van der Waals surface area contributed by atoms with Gasteiger partial charge in [-0.05, 0) is 49.2 Å². The molecule has 1 heterocycles. The van der Waals surface area contributed by atoms with E-state index in [2.05, 4.69) is 10.3 Å². The van der Waals surface area contributed by atoms with E-state index in [-0.39, 0.29) is 5.91 Å². The summed E-state index contributed by atoms with van der Waals surface area (Å²) in [7, 11) is 0. The Hall–Kier alpha value is -2.20. The lowest BCUT2D eigenvalue weighted by Gasteiger charge is -2.07. The van der Waals surface area contributed by atoms with Crippen LogP contribution in [-0.2, 0) is 13.0 Å². The van der Waals surface area contributed by atoms with Gasteiger partial charge >= 0.3 is 0 Å². The minimum Gasteiger partial charge on any atom is -0.348 e. The Kier molecular flexibility index (Phi) is 4.85. The number of aromatic nitrogens is 1. The van der Waals surface area contributed by atoms with Gasteiger partial charge in [0.15, 0.2) is 0 Å². The summed E-state index contributed by atoms with van der Waals surface area (Å²) >= 11 is 0. The van der Waals surface area contributed by atoms with Crippen molar-refractivity contribution in [3.8, 4) is 0 Å². The Morgan fingerprint density at radius 3 is 2.80 bits per heavy atom. The summed E-state index contributed by atoms with van der Waals surface area (Å²) in [6.07, 6.45) is 2.56. The number of nitrogens with zero attached hydrogens (tertiary/aromatic N) is 1. The SMILES string of the molecule is Cc1ccc(CNC(=O)c2cccc(CCN)c2)cn1. The molecule has 0 spiro atoms. The highest BCUT2D eigenvalue weighted by Crippen LogP contribution is 2.06. The van der Waals surface area contributed by atoms with Gasteiger partial charge in [0.1, 0.15) is 0 Å². The molecule has 0 unspecified atom stereocenters. The Labute approximate surface area is 119 Å². The smallest absolute Gasteiger partial charge is 0.251 e. The minimum absolute atomic E-state index is 0.0792. The number of amides is 1. The molecule has 0 atom stereocenters. The van der Waals surface area contributed by atoms with Crippen molar-refractivity contribution in [2.45, 2.75) is 19.9 Å². The van der Waals surface area contributed by atoms with Gasteiger partial charge < -0.3 is 11.1 Å². The standard InChI is InChI=1S/C16H19N3O/c1-12-5-6-14(10-18-12)11-19-16(20)15-4-2-3-13(9-15)7-8-17/h2-6,9-10H,7-8,11,17H2,1H3,(H,19,20). The number of aryl methyl sites for hydroxylation is 1. The van der Waals surface area contributed by atoms with Crippen molar-refractivity contribution in [1.29, 1.82) is 0 Å². The maximum absolute atomic E-state index is 12.1. The second kappa shape index (κ2) is 6.82. The quantitative estimate of drug-likeness (QED) is 0.870. The van der Waals surface area contributed by atoms with Gasteiger partial charge in [-0.15, -0.1) is 0 Å². The molecule has 0 saturated carbocycles. The fourth-order valence-corrected chi connectivity index (χ4v) is 1.92. The van der Waals surface area contributed by atoms with Gasteiger partial charge in [0, 0.05) is 24.0 Å². The van der Waals surface area contributed by atoms with Crippen molar-refractivity contribution in [3.63, 3.8) is 0 Å². The summed E-state index contributed by atoms with van der Waals surface area (Å²) in [6, 6.07) is 11.5. The van der Waals surface area contributed by atoms with E-state index in [1.54, 1.807) is 6.20 Å². The van der Waals surface area contributed by atoms with Gasteiger partial charge in [-0.3, -0.25) is 9.78 Å². The molecule has 0 fully saturated rings. The normalized spacial score (nSPS) is 10.3. The number of pyridine rings is 1. The molecule has 4 nitrogen and oxygen atoms in total. The van der Waals surface area contributed by atoms with Gasteiger partial charge in [-0.25, -0.2) is 0 Å². The lowest BCUT2D eigenvalue weighted by atomic mass is 10.1. The van der Waals surface area contributed by atoms with E-state index in [4.69, 9.17) is 5.73 Å². The number of nitrogens with one attached hydrogen (secondary N) is 1. The molecule has 4 heteroatoms. The number of carbonyl (C=O) groups excluding carboxylic acids is 1. The lowest BCUT2D eigenvalue weighted by Crippen LogP contribution is -2.23. The molecular weight excluding hydrogens is 250 g/mol. The highest BCUT2D eigenvalue weighted by molar-refractivity contribution is 5.94. The third kappa shape index (κ3) is 3.90. The predicted octanol–water partition coefficient (Wildman–Crippen LogP) is 1.82. The molecule has 0 saturated heterocycles. The number of hydrogen-bond acceptors (Lipinski definition) is 3. The Morgan fingerprint density at radius 2 is 2.10 bits per heavy atom. The average Bonchev–Trinajstić information content (AvgIpc) is 2.47. The highest BCUT2D eigenvalue weighted by atomic mass is 16.1. The van der Waals surface area contributed by atoms with E-state index in [0.29, 0.717) is 18.7 Å². The molecule has 1 amide bonds. The van der Waals surface area contributed by atoms with Gasteiger partial charge in [0.05, 0.1) is 0 Å². The van der Waals surface area contributed by atoms with E-state index in [9.17, 15) is 4.79 Å². The van der Waals surface area contributed by atoms with Crippen LogP contribution in [0.1, 0.15) is 27.2 Å². The molecule has 104 valence electrons. The van der Waals surface area contributed by atoms with Crippen molar-refractivity contribution in [2.24, 2.45) is 5.73 Å². The average molecular weight is 269 g/mol. The molecule has 0 bridgehead atoms. The van der Waals surface area contributed by atoms with Gasteiger partial charge in [-0.2, -0.15) is 0 Å². The van der Waals surface area contributed by atoms with Crippen LogP contribution in [-0.4, -0.2) is 17.4 Å². The first-order chi connectivity index (χ1) is 9.69. The number of hydrogen-bond donors (Lipinski definition) is 2. The second-order valence-corrected chi connectivity index (χ2v) is 4.73. The molecule has 0 aliphatic carbocycles. The summed E-state index contributed by atoms with van der Waals surface area (Å²) in [4.78, 5) is 16.3. The van der Waals surface area contributed by atoms with Crippen LogP contribution in [0.2, 0.25) is 0 Å². The van der Waals surface area contributed by atoms with Crippen LogP contribution < -0.4 is 11.1 Å². The van der Waals surface area contributed by atoms with Gasteiger partial charge in [-0.1, -0.05) is 18.2 Å². The van der Waals surface area contributed by atoms with Crippen LogP contribution in [0.4, 0.5) is 0 Å². The van der Waals surface area contributed by atoms with Gasteiger partial charge in [0.2, 0.25) is 0 Å². The summed E-state index contributed by atoms with van der Waals surface area (Å²) in [5, 5.41) is 2.89. The summed E-state index contributed by atoms with van der Waals surface area (Å²) in [5.41, 5.74) is 9.22. The number of rotatable bonds is 5. The number of benzene rings is 1. The molecule has 1 aromatic carbocycles. The Morgan fingerprint density at radius 1 is 1.25 bits per heavy atom. The van der Waals surface area contributed by atoms with Crippen LogP contribution in [0, 0.1) is 6.92 Å².